The van der Waals surface area contributed by atoms with E-state index < -0.39 is 18.5 Å². The Bertz CT molecular complexity index is 304. The molecule has 0 radical (unpaired) electrons. The Hall–Kier alpha value is -0.185. The van der Waals surface area contributed by atoms with Gasteiger partial charge in [-0.1, -0.05) is 18.2 Å². The highest BCUT2D eigenvalue weighted by Gasteiger charge is 2.31. The molecule has 0 aliphatic carbocycles. The van der Waals surface area contributed by atoms with Gasteiger partial charge in [0, 0.05) is 3.57 Å². The zero-order valence-corrected chi connectivity index (χ0v) is 13.7. The lowest BCUT2D eigenvalue weighted by atomic mass is 9.90. The lowest BCUT2D eigenvalue weighted by Crippen LogP contribution is -2.44. The molecule has 0 unspecified atom stereocenters. The topological polar surface area (TPSA) is 101 Å². The lowest BCUT2D eigenvalue weighted by Gasteiger charge is -2.31. The summed E-state index contributed by atoms with van der Waals surface area (Å²) in [7, 11) is -2.17. The fraction of sp³-hybridized carbons (Fsp3) is 0.500. The third-order valence-corrected chi connectivity index (χ3v) is 2.95. The zero-order valence-electron chi connectivity index (χ0n) is 11.6. The number of rotatable bonds is 1. The van der Waals surface area contributed by atoms with Gasteiger partial charge >= 0.3 is 7.32 Å². The molecule has 0 heterocycles. The summed E-state index contributed by atoms with van der Waals surface area (Å²) in [6.45, 7) is 6.31. The third-order valence-electron chi connectivity index (χ3n) is 2.23. The van der Waals surface area contributed by atoms with E-state index in [9.17, 15) is 0 Å². The lowest BCUT2D eigenvalue weighted by molar-refractivity contribution is -0.107. The molecule has 0 aliphatic heterocycles. The van der Waals surface area contributed by atoms with Crippen LogP contribution in [0.2, 0.25) is 0 Å². The Morgan fingerprint density at radius 2 is 1.11 bits per heavy atom. The highest BCUT2D eigenvalue weighted by molar-refractivity contribution is 14.1. The molecule has 19 heavy (non-hydrogen) atoms. The summed E-state index contributed by atoms with van der Waals surface area (Å²) in [6.07, 6.45) is 0. The van der Waals surface area contributed by atoms with Gasteiger partial charge in [0.1, 0.15) is 0 Å². The van der Waals surface area contributed by atoms with Crippen LogP contribution >= 0.6 is 22.6 Å². The van der Waals surface area contributed by atoms with Crippen molar-refractivity contribution in [3.8, 4) is 0 Å². The number of aliphatic hydroxyl groups is 2. The molecule has 0 fully saturated rings. The van der Waals surface area contributed by atoms with Crippen LogP contribution in [0.1, 0.15) is 27.7 Å². The molecule has 1 rings (SSSR count). The van der Waals surface area contributed by atoms with Gasteiger partial charge in [-0.2, -0.15) is 0 Å². The molecule has 1 aromatic rings. The van der Waals surface area contributed by atoms with Gasteiger partial charge in [-0.05, 0) is 62.4 Å². The van der Waals surface area contributed by atoms with Crippen LogP contribution in [-0.4, -0.2) is 43.8 Å². The van der Waals surface area contributed by atoms with E-state index in [1.165, 1.54) is 3.57 Å². The summed E-state index contributed by atoms with van der Waals surface area (Å²) in [5, 5.41) is 39.7. The maximum atomic E-state index is 9.10. The first-order chi connectivity index (χ1) is 8.38. The molecule has 110 valence electrons. The molecule has 5 nitrogen and oxygen atoms in total. The smallest absolute Gasteiger partial charge is 0.402 e. The number of benzene rings is 1. The Labute approximate surface area is 128 Å². The average Bonchev–Trinajstić information content (AvgIpc) is 2.15. The first-order valence-electron chi connectivity index (χ1n) is 5.57. The molecular weight excluding hydrogens is 362 g/mol. The van der Waals surface area contributed by atoms with Crippen LogP contribution in [0.15, 0.2) is 30.3 Å². The van der Waals surface area contributed by atoms with Crippen molar-refractivity contribution < 1.29 is 25.3 Å². The summed E-state index contributed by atoms with van der Waals surface area (Å²) in [6, 6.07) is 10.2. The standard InChI is InChI=1S/C6H5I.C6H14O2.BH3O3/c7-6-4-2-1-3-5-6;1-5(2,7)6(3,4)8;2-1(3)4/h1-5H;7-8H,1-4H3;2-4H. The Morgan fingerprint density at radius 1 is 0.842 bits per heavy atom. The number of hydrogen-bond donors (Lipinski definition) is 5. The Kier molecular flexibility index (Phi) is 10.8. The van der Waals surface area contributed by atoms with E-state index in [-0.39, 0.29) is 0 Å². The molecule has 0 spiro atoms. The second-order valence-electron chi connectivity index (χ2n) is 4.76. The van der Waals surface area contributed by atoms with Gasteiger partial charge in [-0.3, -0.25) is 0 Å². The second kappa shape index (κ2) is 9.68. The van der Waals surface area contributed by atoms with Gasteiger partial charge in [-0.25, -0.2) is 0 Å². The van der Waals surface area contributed by atoms with Gasteiger partial charge in [0.25, 0.3) is 0 Å². The van der Waals surface area contributed by atoms with E-state index in [4.69, 9.17) is 25.3 Å². The quantitative estimate of drug-likeness (QED) is 0.364. The first kappa shape index (κ1) is 21.1. The molecule has 0 amide bonds. The highest BCUT2D eigenvalue weighted by atomic mass is 127. The van der Waals surface area contributed by atoms with Crippen LogP contribution < -0.4 is 0 Å². The van der Waals surface area contributed by atoms with Crippen LogP contribution in [0.5, 0.6) is 0 Å². The SMILES string of the molecule is CC(C)(O)C(C)(C)O.Ic1ccccc1.OB(O)O. The summed E-state index contributed by atoms with van der Waals surface area (Å²) < 4.78 is 1.29. The summed E-state index contributed by atoms with van der Waals surface area (Å²) >= 11 is 2.28. The van der Waals surface area contributed by atoms with Gasteiger partial charge in [-0.15, -0.1) is 0 Å². The van der Waals surface area contributed by atoms with Crippen molar-refractivity contribution in [2.24, 2.45) is 0 Å². The van der Waals surface area contributed by atoms with E-state index in [2.05, 4.69) is 34.7 Å². The van der Waals surface area contributed by atoms with Crippen molar-refractivity contribution in [3.05, 3.63) is 33.9 Å². The van der Waals surface area contributed by atoms with Crippen LogP contribution in [0.3, 0.4) is 0 Å². The van der Waals surface area contributed by atoms with Crippen molar-refractivity contribution >= 4 is 29.9 Å². The van der Waals surface area contributed by atoms with Crippen LogP contribution in [-0.2, 0) is 0 Å². The summed E-state index contributed by atoms with van der Waals surface area (Å²) in [5.41, 5.74) is -2.01. The molecule has 0 bridgehead atoms. The Balaban J connectivity index is 0. The van der Waals surface area contributed by atoms with Crippen molar-refractivity contribution in [1.82, 2.24) is 0 Å². The normalized spacial score (nSPS) is 10.6. The van der Waals surface area contributed by atoms with Crippen molar-refractivity contribution in [2.45, 2.75) is 38.9 Å². The fourth-order valence-corrected chi connectivity index (χ4v) is 0.830. The van der Waals surface area contributed by atoms with Crippen LogP contribution in [0, 0.1) is 3.57 Å². The van der Waals surface area contributed by atoms with E-state index in [0.717, 1.165) is 0 Å². The Morgan fingerprint density at radius 3 is 1.21 bits per heavy atom. The molecule has 1 aromatic carbocycles. The molecule has 0 saturated heterocycles. The van der Waals surface area contributed by atoms with Crippen molar-refractivity contribution in [3.63, 3.8) is 0 Å². The van der Waals surface area contributed by atoms with Crippen LogP contribution in [0.25, 0.3) is 0 Å². The van der Waals surface area contributed by atoms with E-state index in [1.54, 1.807) is 27.7 Å². The first-order valence-corrected chi connectivity index (χ1v) is 6.65. The van der Waals surface area contributed by atoms with Gasteiger partial charge in [0.2, 0.25) is 0 Å². The molecular formula is C12H22BIO5. The molecule has 5 N–H and O–H groups in total. The predicted molar refractivity (Wildman–Crippen MR) is 84.2 cm³/mol. The average molecular weight is 384 g/mol. The minimum Gasteiger partial charge on any atom is -0.402 e. The number of halogens is 1. The van der Waals surface area contributed by atoms with E-state index in [0.29, 0.717) is 0 Å². The number of hydrogen-bond acceptors (Lipinski definition) is 5. The third kappa shape index (κ3) is 15.8. The zero-order chi connectivity index (χ0) is 15.7. The second-order valence-corrected chi connectivity index (χ2v) is 6.01. The minimum atomic E-state index is -2.17. The fourth-order valence-electron chi connectivity index (χ4n) is 0.415. The molecule has 7 heteroatoms. The van der Waals surface area contributed by atoms with Crippen molar-refractivity contribution in [2.75, 3.05) is 0 Å². The van der Waals surface area contributed by atoms with Gasteiger partial charge in [0.15, 0.2) is 0 Å². The molecule has 0 aromatic heterocycles. The summed E-state index contributed by atoms with van der Waals surface area (Å²) in [4.78, 5) is 0. The minimum absolute atomic E-state index is 1.01. The molecule has 0 saturated carbocycles. The van der Waals surface area contributed by atoms with E-state index in [1.807, 2.05) is 18.2 Å². The predicted octanol–water partition coefficient (Wildman–Crippen LogP) is 0.768. The summed E-state index contributed by atoms with van der Waals surface area (Å²) in [5.74, 6) is 0. The van der Waals surface area contributed by atoms with Crippen molar-refractivity contribution in [1.29, 1.82) is 0 Å². The maximum Gasteiger partial charge on any atom is 0.631 e. The highest BCUT2D eigenvalue weighted by Crippen LogP contribution is 2.19. The molecule has 0 aliphatic rings. The van der Waals surface area contributed by atoms with E-state index >= 15 is 0 Å². The monoisotopic (exact) mass is 384 g/mol. The van der Waals surface area contributed by atoms with Gasteiger partial charge in [0.05, 0.1) is 11.2 Å². The largest absolute Gasteiger partial charge is 0.631 e. The van der Waals surface area contributed by atoms with Crippen LogP contribution in [0.4, 0.5) is 0 Å². The molecule has 0 atom stereocenters. The maximum absolute atomic E-state index is 9.10. The van der Waals surface area contributed by atoms with Gasteiger partial charge < -0.3 is 25.3 Å².